The first-order chi connectivity index (χ1) is 31.9. The summed E-state index contributed by atoms with van der Waals surface area (Å²) in [5, 5.41) is 6.92. The highest BCUT2D eigenvalue weighted by atomic mass is 15.1. The monoisotopic (exact) mass is 779 g/mol. The summed E-state index contributed by atoms with van der Waals surface area (Å²) in [6.07, 6.45) is 0. The number of hydrogen-bond donors (Lipinski definition) is 0. The van der Waals surface area contributed by atoms with Crippen molar-refractivity contribution in [2.45, 2.75) is 0 Å². The molecule has 0 N–H and O–H groups in total. The molecule has 0 aromatic heterocycles. The van der Waals surface area contributed by atoms with E-state index in [9.17, 15) is 5.48 Å². The number of hydrogen-bond acceptors (Lipinski definition) is 1. The third-order valence-corrected chi connectivity index (χ3v) is 11.7. The van der Waals surface area contributed by atoms with Crippen LogP contribution in [-0.2, 0) is 0 Å². The Balaban J connectivity index is 1.04. The molecule has 0 bridgehead atoms. The minimum atomic E-state index is -0.123. The summed E-state index contributed by atoms with van der Waals surface area (Å²) in [7, 11) is 0. The molecular formula is C60H41N. The lowest BCUT2D eigenvalue weighted by Gasteiger charge is -2.26. The second kappa shape index (κ2) is 15.6. The molecular weight excluding hydrogens is 735 g/mol. The SMILES string of the molecule is [2H]c1c([2H])c(N(c2ccc(-c3cccc4ccccc34)cc2)c2ccc(-c3c(-c4ccccc4)ccc4ccccc34)cc2)c([2H])c([2H])c1-c1ccc(-c2ccc3ccccc3c2)cc1. The van der Waals surface area contributed by atoms with Crippen LogP contribution in [0.25, 0.3) is 88.0 Å². The van der Waals surface area contributed by atoms with Gasteiger partial charge in [0.25, 0.3) is 0 Å². The Kier molecular flexibility index (Phi) is 8.18. The summed E-state index contributed by atoms with van der Waals surface area (Å²) >= 11 is 0. The summed E-state index contributed by atoms with van der Waals surface area (Å²) < 4.78 is 38.2. The van der Waals surface area contributed by atoms with Crippen molar-refractivity contribution in [2.75, 3.05) is 4.90 Å². The first-order valence-electron chi connectivity index (χ1n) is 22.7. The molecule has 61 heavy (non-hydrogen) atoms. The van der Waals surface area contributed by atoms with Crippen LogP contribution < -0.4 is 4.90 Å². The molecule has 0 aliphatic rings. The predicted octanol–water partition coefficient (Wildman–Crippen LogP) is 17.0. The van der Waals surface area contributed by atoms with Gasteiger partial charge in [0.2, 0.25) is 0 Å². The van der Waals surface area contributed by atoms with Gasteiger partial charge in [0.1, 0.15) is 0 Å². The Morgan fingerprint density at radius 1 is 0.262 bits per heavy atom. The van der Waals surface area contributed by atoms with Crippen molar-refractivity contribution in [3.63, 3.8) is 0 Å². The zero-order valence-electron chi connectivity index (χ0n) is 37.3. The minimum Gasteiger partial charge on any atom is -0.311 e. The highest BCUT2D eigenvalue weighted by Gasteiger charge is 2.17. The summed E-state index contributed by atoms with van der Waals surface area (Å²) in [6, 6.07) is 76.3. The van der Waals surface area contributed by atoms with E-state index in [0.29, 0.717) is 16.9 Å². The van der Waals surface area contributed by atoms with Crippen molar-refractivity contribution < 1.29 is 5.48 Å². The summed E-state index contributed by atoms with van der Waals surface area (Å²) in [5.74, 6) is 0. The van der Waals surface area contributed by atoms with Crippen molar-refractivity contribution in [2.24, 2.45) is 0 Å². The molecule has 11 aromatic rings. The predicted molar refractivity (Wildman–Crippen MR) is 261 cm³/mol. The molecule has 0 fully saturated rings. The molecule has 11 rings (SSSR count). The van der Waals surface area contributed by atoms with E-state index in [0.717, 1.165) is 71.4 Å². The highest BCUT2D eigenvalue weighted by molar-refractivity contribution is 6.04. The maximum Gasteiger partial charge on any atom is 0.0645 e. The zero-order valence-corrected chi connectivity index (χ0v) is 33.3. The standard InChI is InChI=1S/C60H41N/c1-2-12-47(13-3-1)59-40-33-48-15-7-9-19-58(48)60(59)50-31-38-55(39-32-50)61(54-36-29-49(30-37-54)57-20-10-17-46-14-6-8-18-56(46)57)53-34-27-44(28-35-53)43-21-23-45(24-22-43)52-26-25-42-11-4-5-16-51(42)41-52/h1-41H/i27D,28D,34D,35D. The van der Waals surface area contributed by atoms with Crippen LogP contribution in [0.2, 0.25) is 0 Å². The van der Waals surface area contributed by atoms with E-state index in [-0.39, 0.29) is 35.4 Å². The smallest absolute Gasteiger partial charge is 0.0645 e. The first-order valence-corrected chi connectivity index (χ1v) is 20.7. The van der Waals surface area contributed by atoms with Crippen LogP contribution in [0.15, 0.2) is 249 Å². The zero-order chi connectivity index (χ0) is 44.0. The van der Waals surface area contributed by atoms with E-state index in [1.54, 1.807) is 0 Å². The number of fused-ring (bicyclic) bond motifs is 3. The Hall–Kier alpha value is -8.00. The Bertz CT molecular complexity index is 3530. The number of rotatable bonds is 8. The summed E-state index contributed by atoms with van der Waals surface area (Å²) in [4.78, 5) is 1.87. The fourth-order valence-electron chi connectivity index (χ4n) is 8.65. The van der Waals surface area contributed by atoms with E-state index in [2.05, 4.69) is 152 Å². The fraction of sp³-hybridized carbons (Fsp3) is 0. The number of nitrogens with zero attached hydrogens (tertiary/aromatic N) is 1. The molecule has 0 saturated heterocycles. The molecule has 1 nitrogen and oxygen atoms in total. The molecule has 0 saturated carbocycles. The lowest BCUT2D eigenvalue weighted by atomic mass is 9.89. The average molecular weight is 780 g/mol. The van der Waals surface area contributed by atoms with Crippen LogP contribution in [0, 0.1) is 0 Å². The van der Waals surface area contributed by atoms with Crippen LogP contribution in [0.4, 0.5) is 17.1 Å². The highest BCUT2D eigenvalue weighted by Crippen LogP contribution is 2.42. The third kappa shape index (κ3) is 6.93. The van der Waals surface area contributed by atoms with Gasteiger partial charge in [-0.2, -0.15) is 0 Å². The average Bonchev–Trinajstić information content (AvgIpc) is 3.37. The first kappa shape index (κ1) is 31.9. The van der Waals surface area contributed by atoms with Crippen molar-refractivity contribution in [1.82, 2.24) is 0 Å². The van der Waals surface area contributed by atoms with Gasteiger partial charge >= 0.3 is 0 Å². The Morgan fingerprint density at radius 3 is 1.46 bits per heavy atom. The molecule has 0 radical (unpaired) electrons. The van der Waals surface area contributed by atoms with Gasteiger partial charge in [0.05, 0.1) is 5.48 Å². The number of anilines is 3. The van der Waals surface area contributed by atoms with Crippen LogP contribution in [-0.4, -0.2) is 0 Å². The normalized spacial score (nSPS) is 12.2. The van der Waals surface area contributed by atoms with Crippen LogP contribution in [0.1, 0.15) is 5.48 Å². The molecule has 0 amide bonds. The van der Waals surface area contributed by atoms with E-state index < -0.39 is 0 Å². The molecule has 11 aromatic carbocycles. The van der Waals surface area contributed by atoms with Gasteiger partial charge in [-0.15, -0.1) is 0 Å². The van der Waals surface area contributed by atoms with Crippen LogP contribution in [0.5, 0.6) is 0 Å². The van der Waals surface area contributed by atoms with E-state index in [1.807, 2.05) is 77.7 Å². The maximum absolute atomic E-state index is 9.63. The van der Waals surface area contributed by atoms with Crippen molar-refractivity contribution in [3.8, 4) is 55.6 Å². The van der Waals surface area contributed by atoms with Gasteiger partial charge in [0, 0.05) is 17.1 Å². The Labute approximate surface area is 362 Å². The second-order valence-corrected chi connectivity index (χ2v) is 15.4. The van der Waals surface area contributed by atoms with Gasteiger partial charge in [-0.25, -0.2) is 0 Å². The molecule has 0 aliphatic heterocycles. The molecule has 1 heteroatoms. The summed E-state index contributed by atoms with van der Waals surface area (Å²) in [5.41, 5.74) is 11.1. The minimum absolute atomic E-state index is 0.100. The largest absolute Gasteiger partial charge is 0.311 e. The van der Waals surface area contributed by atoms with Crippen LogP contribution in [0.3, 0.4) is 0 Å². The molecule has 0 heterocycles. The Morgan fingerprint density at radius 2 is 0.754 bits per heavy atom. The molecule has 0 spiro atoms. The summed E-state index contributed by atoms with van der Waals surface area (Å²) in [6.45, 7) is 0. The molecule has 0 atom stereocenters. The van der Waals surface area contributed by atoms with Gasteiger partial charge in [-0.3, -0.25) is 0 Å². The quantitative estimate of drug-likeness (QED) is 0.148. The van der Waals surface area contributed by atoms with Gasteiger partial charge in [-0.05, 0) is 130 Å². The topological polar surface area (TPSA) is 3.24 Å². The van der Waals surface area contributed by atoms with Gasteiger partial charge in [0.15, 0.2) is 0 Å². The van der Waals surface area contributed by atoms with E-state index in [1.165, 1.54) is 5.39 Å². The lowest BCUT2D eigenvalue weighted by molar-refractivity contribution is 1.28. The van der Waals surface area contributed by atoms with E-state index >= 15 is 0 Å². The lowest BCUT2D eigenvalue weighted by Crippen LogP contribution is -2.09. The van der Waals surface area contributed by atoms with Crippen molar-refractivity contribution in [1.29, 1.82) is 0 Å². The van der Waals surface area contributed by atoms with Crippen LogP contribution >= 0.6 is 0 Å². The van der Waals surface area contributed by atoms with Crippen molar-refractivity contribution >= 4 is 49.4 Å². The maximum atomic E-state index is 9.63. The van der Waals surface area contributed by atoms with Gasteiger partial charge < -0.3 is 4.90 Å². The second-order valence-electron chi connectivity index (χ2n) is 15.4. The fourth-order valence-corrected chi connectivity index (χ4v) is 8.65. The van der Waals surface area contributed by atoms with E-state index in [4.69, 9.17) is 0 Å². The molecule has 0 aliphatic carbocycles. The molecule has 286 valence electrons. The third-order valence-electron chi connectivity index (χ3n) is 11.7. The molecule has 0 unspecified atom stereocenters. The number of benzene rings is 11. The van der Waals surface area contributed by atoms with Crippen molar-refractivity contribution in [3.05, 3.63) is 249 Å². The van der Waals surface area contributed by atoms with Gasteiger partial charge in [-0.1, -0.05) is 206 Å².